The zero-order chi connectivity index (χ0) is 13.9. The zero-order valence-electron chi connectivity index (χ0n) is 11.5. The molecule has 0 aromatic carbocycles. The Balaban J connectivity index is 2.78. The van der Waals surface area contributed by atoms with Gasteiger partial charge in [-0.05, 0) is 43.1 Å². The molecule has 1 saturated carbocycles. The first-order chi connectivity index (χ1) is 8.30. The first-order valence-electron chi connectivity index (χ1n) is 6.53. The fraction of sp³-hybridized carbons (Fsp3) is 0.733. The van der Waals surface area contributed by atoms with Crippen LogP contribution >= 0.6 is 31.9 Å². The Kier molecular flexibility index (Phi) is 6.14. The molecule has 0 heterocycles. The minimum atomic E-state index is -0.371. The maximum Gasteiger partial charge on any atom is 0.0844 e. The molecule has 1 nitrogen and oxygen atoms in total. The van der Waals surface area contributed by atoms with Gasteiger partial charge in [0.2, 0.25) is 0 Å². The summed E-state index contributed by atoms with van der Waals surface area (Å²) in [5.74, 6) is 0.494. The van der Waals surface area contributed by atoms with Crippen LogP contribution in [0.15, 0.2) is 23.8 Å². The van der Waals surface area contributed by atoms with Crippen molar-refractivity contribution in [2.75, 3.05) is 5.33 Å². The van der Waals surface area contributed by atoms with Crippen molar-refractivity contribution in [3.05, 3.63) is 23.8 Å². The molecule has 0 aliphatic heterocycles. The summed E-state index contributed by atoms with van der Waals surface area (Å²) in [5.41, 5.74) is 2.63. The standard InChI is InChI=1S/C15H24Br2O/c1-10-6-8-14(17)15(3,4)12(10)7-5-11(2)13(18)9-16/h5,12-14,18H,1,6-9H2,2-4H3. The van der Waals surface area contributed by atoms with Gasteiger partial charge in [0, 0.05) is 10.2 Å². The van der Waals surface area contributed by atoms with E-state index >= 15 is 0 Å². The number of hydrogen-bond acceptors (Lipinski definition) is 1. The van der Waals surface area contributed by atoms with E-state index in [1.165, 1.54) is 12.0 Å². The summed E-state index contributed by atoms with van der Waals surface area (Å²) >= 11 is 7.12. The summed E-state index contributed by atoms with van der Waals surface area (Å²) in [4.78, 5) is 0.551. The average Bonchev–Trinajstić information content (AvgIpc) is 2.32. The van der Waals surface area contributed by atoms with Gasteiger partial charge in [0.25, 0.3) is 0 Å². The van der Waals surface area contributed by atoms with Gasteiger partial charge >= 0.3 is 0 Å². The molecule has 0 saturated heterocycles. The van der Waals surface area contributed by atoms with Crippen LogP contribution in [-0.2, 0) is 0 Å². The van der Waals surface area contributed by atoms with Gasteiger partial charge in [-0.15, -0.1) is 0 Å². The predicted octanol–water partition coefficient (Wildman–Crippen LogP) is 4.83. The summed E-state index contributed by atoms with van der Waals surface area (Å²) in [5, 5.41) is 10.4. The third-order valence-corrected chi connectivity index (χ3v) is 6.52. The highest BCUT2D eigenvalue weighted by atomic mass is 79.9. The van der Waals surface area contributed by atoms with E-state index in [0.717, 1.165) is 18.4 Å². The molecule has 0 bridgehead atoms. The molecule has 1 rings (SSSR count). The number of allylic oxidation sites excluding steroid dienone is 2. The van der Waals surface area contributed by atoms with E-state index in [0.29, 0.717) is 16.1 Å². The number of halogens is 2. The Morgan fingerprint density at radius 3 is 2.78 bits per heavy atom. The normalized spacial score (nSPS) is 30.3. The highest BCUT2D eigenvalue weighted by Gasteiger charge is 2.40. The van der Waals surface area contributed by atoms with Crippen LogP contribution in [0.1, 0.15) is 40.0 Å². The minimum absolute atomic E-state index is 0.228. The largest absolute Gasteiger partial charge is 0.388 e. The molecule has 104 valence electrons. The van der Waals surface area contributed by atoms with Crippen LogP contribution in [0.2, 0.25) is 0 Å². The van der Waals surface area contributed by atoms with E-state index in [4.69, 9.17) is 0 Å². The first kappa shape index (κ1) is 16.5. The van der Waals surface area contributed by atoms with E-state index in [1.807, 2.05) is 6.92 Å². The fourth-order valence-electron chi connectivity index (χ4n) is 2.63. The van der Waals surface area contributed by atoms with E-state index in [9.17, 15) is 5.11 Å². The highest BCUT2D eigenvalue weighted by Crippen LogP contribution is 2.48. The van der Waals surface area contributed by atoms with Crippen molar-refractivity contribution in [1.82, 2.24) is 0 Å². The minimum Gasteiger partial charge on any atom is -0.388 e. The van der Waals surface area contributed by atoms with E-state index < -0.39 is 0 Å². The molecule has 1 aliphatic carbocycles. The van der Waals surface area contributed by atoms with Crippen molar-refractivity contribution in [2.24, 2.45) is 11.3 Å². The highest BCUT2D eigenvalue weighted by molar-refractivity contribution is 9.09. The van der Waals surface area contributed by atoms with Crippen molar-refractivity contribution >= 4 is 31.9 Å². The van der Waals surface area contributed by atoms with Crippen LogP contribution in [0.5, 0.6) is 0 Å². The van der Waals surface area contributed by atoms with Crippen molar-refractivity contribution in [2.45, 2.75) is 51.0 Å². The summed E-state index contributed by atoms with van der Waals surface area (Å²) in [6.45, 7) is 10.9. The Labute approximate surface area is 128 Å². The quantitative estimate of drug-likeness (QED) is 0.547. The second kappa shape index (κ2) is 6.71. The van der Waals surface area contributed by atoms with Crippen molar-refractivity contribution in [3.63, 3.8) is 0 Å². The number of rotatable bonds is 4. The SMILES string of the molecule is C=C1CCC(Br)C(C)(C)C1CC=C(C)C(O)CBr. The lowest BCUT2D eigenvalue weighted by Crippen LogP contribution is -2.38. The van der Waals surface area contributed by atoms with Crippen molar-refractivity contribution in [3.8, 4) is 0 Å². The second-order valence-corrected chi connectivity index (χ2v) is 7.65. The molecule has 0 spiro atoms. The molecule has 1 N–H and O–H groups in total. The Morgan fingerprint density at radius 2 is 2.22 bits per heavy atom. The molecule has 3 heteroatoms. The van der Waals surface area contributed by atoms with Gasteiger partial charge in [0.15, 0.2) is 0 Å². The molecule has 0 aromatic rings. The third kappa shape index (κ3) is 3.71. The summed E-state index contributed by atoms with van der Waals surface area (Å²) in [7, 11) is 0. The molecule has 0 radical (unpaired) electrons. The molecular weight excluding hydrogens is 356 g/mol. The third-order valence-electron chi connectivity index (χ3n) is 4.26. The number of alkyl halides is 2. The molecule has 1 aliphatic rings. The maximum atomic E-state index is 9.76. The molecule has 0 amide bonds. The molecular formula is C15H24Br2O. The summed E-state index contributed by atoms with van der Waals surface area (Å²) in [6, 6.07) is 0. The van der Waals surface area contributed by atoms with E-state index in [-0.39, 0.29) is 11.5 Å². The van der Waals surface area contributed by atoms with Gasteiger partial charge in [0.1, 0.15) is 0 Å². The summed E-state index contributed by atoms with van der Waals surface area (Å²) < 4.78 is 0. The van der Waals surface area contributed by atoms with Crippen molar-refractivity contribution in [1.29, 1.82) is 0 Å². The number of aliphatic hydroxyl groups is 1. The predicted molar refractivity (Wildman–Crippen MR) is 86.5 cm³/mol. The topological polar surface area (TPSA) is 20.2 Å². The Hall–Kier alpha value is 0.400. The monoisotopic (exact) mass is 378 g/mol. The molecule has 0 aromatic heterocycles. The molecule has 3 atom stereocenters. The maximum absolute atomic E-state index is 9.76. The zero-order valence-corrected chi connectivity index (χ0v) is 14.7. The average molecular weight is 380 g/mol. The molecule has 18 heavy (non-hydrogen) atoms. The van der Waals surface area contributed by atoms with Crippen LogP contribution in [0.4, 0.5) is 0 Å². The number of hydrogen-bond donors (Lipinski definition) is 1. The van der Waals surface area contributed by atoms with Gasteiger partial charge in [-0.1, -0.05) is 63.9 Å². The summed E-state index contributed by atoms with van der Waals surface area (Å²) in [6.07, 6.45) is 5.07. The Bertz CT molecular complexity index is 333. The van der Waals surface area contributed by atoms with Gasteiger partial charge in [-0.3, -0.25) is 0 Å². The fourth-order valence-corrected chi connectivity index (χ4v) is 3.69. The Morgan fingerprint density at radius 1 is 1.61 bits per heavy atom. The van der Waals surface area contributed by atoms with Crippen LogP contribution in [-0.4, -0.2) is 21.4 Å². The first-order valence-corrected chi connectivity index (χ1v) is 8.56. The van der Waals surface area contributed by atoms with Crippen molar-refractivity contribution < 1.29 is 5.11 Å². The number of aliphatic hydroxyl groups excluding tert-OH is 1. The smallest absolute Gasteiger partial charge is 0.0844 e. The van der Waals surface area contributed by atoms with Crippen LogP contribution in [0.25, 0.3) is 0 Å². The van der Waals surface area contributed by atoms with Gasteiger partial charge < -0.3 is 5.11 Å². The van der Waals surface area contributed by atoms with Crippen LogP contribution in [0.3, 0.4) is 0 Å². The van der Waals surface area contributed by atoms with Crippen LogP contribution in [0, 0.1) is 11.3 Å². The second-order valence-electron chi connectivity index (χ2n) is 5.89. The lowest BCUT2D eigenvalue weighted by molar-refractivity contribution is 0.203. The van der Waals surface area contributed by atoms with Gasteiger partial charge in [0.05, 0.1) is 6.10 Å². The van der Waals surface area contributed by atoms with Crippen LogP contribution < -0.4 is 0 Å². The van der Waals surface area contributed by atoms with E-state index in [1.54, 1.807) is 0 Å². The molecule has 3 unspecified atom stereocenters. The van der Waals surface area contributed by atoms with Gasteiger partial charge in [-0.25, -0.2) is 0 Å². The lowest BCUT2D eigenvalue weighted by Gasteiger charge is -2.44. The van der Waals surface area contributed by atoms with Gasteiger partial charge in [-0.2, -0.15) is 0 Å². The molecule has 1 fully saturated rings. The van der Waals surface area contributed by atoms with E-state index in [2.05, 4.69) is 58.4 Å². The lowest BCUT2D eigenvalue weighted by atomic mass is 9.65.